The SMILES string of the molecule is C=C(F)C(=O)Nc1cccc(OC(F)(F)F)c1. The number of nitrogens with one attached hydrogen (secondary N) is 1. The highest BCUT2D eigenvalue weighted by Crippen LogP contribution is 2.25. The van der Waals surface area contributed by atoms with E-state index in [1.165, 1.54) is 12.1 Å². The Bertz CT molecular complexity index is 442. The monoisotopic (exact) mass is 249 g/mol. The van der Waals surface area contributed by atoms with Gasteiger partial charge in [0.25, 0.3) is 5.91 Å². The van der Waals surface area contributed by atoms with Crippen LogP contribution < -0.4 is 10.1 Å². The molecule has 0 saturated carbocycles. The Morgan fingerprint density at radius 1 is 1.35 bits per heavy atom. The summed E-state index contributed by atoms with van der Waals surface area (Å²) in [7, 11) is 0. The average molecular weight is 249 g/mol. The van der Waals surface area contributed by atoms with E-state index in [4.69, 9.17) is 0 Å². The number of anilines is 1. The van der Waals surface area contributed by atoms with Crippen molar-refractivity contribution >= 4 is 11.6 Å². The minimum absolute atomic E-state index is 0.0319. The average Bonchev–Trinajstić information content (AvgIpc) is 2.15. The van der Waals surface area contributed by atoms with E-state index in [0.29, 0.717) is 0 Å². The highest BCUT2D eigenvalue weighted by Gasteiger charge is 2.31. The molecule has 0 spiro atoms. The number of carbonyl (C=O) groups excluding carboxylic acids is 1. The molecule has 0 aliphatic heterocycles. The number of benzene rings is 1. The molecule has 0 aliphatic rings. The normalized spacial score (nSPS) is 10.8. The number of ether oxygens (including phenoxy) is 1. The number of amides is 1. The summed E-state index contributed by atoms with van der Waals surface area (Å²) >= 11 is 0. The van der Waals surface area contributed by atoms with Crippen LogP contribution in [-0.2, 0) is 4.79 Å². The van der Waals surface area contributed by atoms with Gasteiger partial charge >= 0.3 is 6.36 Å². The second kappa shape index (κ2) is 4.86. The predicted molar refractivity (Wildman–Crippen MR) is 52.0 cm³/mol. The lowest BCUT2D eigenvalue weighted by molar-refractivity contribution is -0.274. The maximum Gasteiger partial charge on any atom is 0.573 e. The van der Waals surface area contributed by atoms with Crippen LogP contribution in [0.2, 0.25) is 0 Å². The first-order chi connectivity index (χ1) is 7.78. The molecule has 0 aromatic heterocycles. The lowest BCUT2D eigenvalue weighted by Gasteiger charge is -2.10. The van der Waals surface area contributed by atoms with Crippen LogP contribution in [0.3, 0.4) is 0 Å². The summed E-state index contributed by atoms with van der Waals surface area (Å²) in [5, 5.41) is 2.01. The third-order valence-corrected chi connectivity index (χ3v) is 1.57. The van der Waals surface area contributed by atoms with Gasteiger partial charge in [0.05, 0.1) is 0 Å². The van der Waals surface area contributed by atoms with Crippen molar-refractivity contribution in [3.8, 4) is 5.75 Å². The molecule has 0 saturated heterocycles. The van der Waals surface area contributed by atoms with Crippen molar-refractivity contribution in [2.45, 2.75) is 6.36 Å². The smallest absolute Gasteiger partial charge is 0.406 e. The van der Waals surface area contributed by atoms with E-state index >= 15 is 0 Å². The van der Waals surface area contributed by atoms with Crippen LogP contribution in [0.25, 0.3) is 0 Å². The van der Waals surface area contributed by atoms with Crippen molar-refractivity contribution in [2.24, 2.45) is 0 Å². The largest absolute Gasteiger partial charge is 0.573 e. The predicted octanol–water partition coefficient (Wildman–Crippen LogP) is 3.01. The Balaban J connectivity index is 2.79. The van der Waals surface area contributed by atoms with E-state index in [9.17, 15) is 22.4 Å². The number of halogens is 4. The molecule has 0 bridgehead atoms. The standard InChI is InChI=1S/C10H7F4NO2/c1-6(11)9(16)15-7-3-2-4-8(5-7)17-10(12,13)14/h2-5H,1H2,(H,15,16). The Kier molecular flexibility index (Phi) is 3.72. The van der Waals surface area contributed by atoms with Crippen molar-refractivity contribution in [1.82, 2.24) is 0 Å². The maximum absolute atomic E-state index is 12.3. The van der Waals surface area contributed by atoms with E-state index in [0.717, 1.165) is 12.1 Å². The maximum atomic E-state index is 12.3. The molecular weight excluding hydrogens is 242 g/mol. The zero-order valence-corrected chi connectivity index (χ0v) is 8.34. The highest BCUT2D eigenvalue weighted by molar-refractivity contribution is 6.01. The first-order valence-corrected chi connectivity index (χ1v) is 4.29. The Morgan fingerprint density at radius 2 is 2.00 bits per heavy atom. The quantitative estimate of drug-likeness (QED) is 0.660. The van der Waals surface area contributed by atoms with Gasteiger partial charge in [-0.15, -0.1) is 13.2 Å². The van der Waals surface area contributed by atoms with Gasteiger partial charge in [0.1, 0.15) is 5.75 Å². The third-order valence-electron chi connectivity index (χ3n) is 1.57. The van der Waals surface area contributed by atoms with Gasteiger partial charge in [0.15, 0.2) is 5.83 Å². The van der Waals surface area contributed by atoms with Gasteiger partial charge in [-0.3, -0.25) is 4.79 Å². The number of alkyl halides is 3. The first-order valence-electron chi connectivity index (χ1n) is 4.29. The third kappa shape index (κ3) is 4.54. The molecule has 92 valence electrons. The summed E-state index contributed by atoms with van der Waals surface area (Å²) in [6.45, 7) is 2.74. The molecule has 0 unspecified atom stereocenters. The molecule has 7 heteroatoms. The van der Waals surface area contributed by atoms with Crippen LogP contribution in [0.4, 0.5) is 23.2 Å². The van der Waals surface area contributed by atoms with Gasteiger partial charge in [-0.1, -0.05) is 12.6 Å². The zero-order valence-electron chi connectivity index (χ0n) is 8.34. The highest BCUT2D eigenvalue weighted by atomic mass is 19.4. The molecular formula is C10H7F4NO2. The summed E-state index contributed by atoms with van der Waals surface area (Å²) in [5.41, 5.74) is -0.0319. The van der Waals surface area contributed by atoms with Gasteiger partial charge < -0.3 is 10.1 Å². The molecule has 0 fully saturated rings. The number of hydrogen-bond acceptors (Lipinski definition) is 2. The molecule has 1 aromatic carbocycles. The summed E-state index contributed by atoms with van der Waals surface area (Å²) in [4.78, 5) is 10.9. The number of hydrogen-bond donors (Lipinski definition) is 1. The van der Waals surface area contributed by atoms with Crippen LogP contribution in [0.15, 0.2) is 36.7 Å². The molecule has 1 aromatic rings. The van der Waals surface area contributed by atoms with Crippen molar-refractivity contribution in [3.63, 3.8) is 0 Å². The summed E-state index contributed by atoms with van der Waals surface area (Å²) < 4.78 is 51.6. The zero-order chi connectivity index (χ0) is 13.1. The minimum Gasteiger partial charge on any atom is -0.406 e. The molecule has 1 amide bonds. The summed E-state index contributed by atoms with van der Waals surface area (Å²) in [6, 6.07) is 4.46. The minimum atomic E-state index is -4.83. The van der Waals surface area contributed by atoms with E-state index in [1.54, 1.807) is 0 Å². The fraction of sp³-hybridized carbons (Fsp3) is 0.100. The van der Waals surface area contributed by atoms with E-state index in [2.05, 4.69) is 11.3 Å². The number of rotatable bonds is 3. The lowest BCUT2D eigenvalue weighted by Crippen LogP contribution is -2.17. The van der Waals surface area contributed by atoms with Crippen LogP contribution in [0, 0.1) is 0 Å². The van der Waals surface area contributed by atoms with Crippen LogP contribution >= 0.6 is 0 Å². The van der Waals surface area contributed by atoms with Crippen LogP contribution in [0.1, 0.15) is 0 Å². The van der Waals surface area contributed by atoms with Crippen molar-refractivity contribution in [3.05, 3.63) is 36.7 Å². The number of carbonyl (C=O) groups is 1. The van der Waals surface area contributed by atoms with Crippen LogP contribution in [-0.4, -0.2) is 12.3 Å². The fourth-order valence-electron chi connectivity index (χ4n) is 0.970. The van der Waals surface area contributed by atoms with E-state index < -0.39 is 23.8 Å². The molecule has 17 heavy (non-hydrogen) atoms. The Morgan fingerprint density at radius 3 is 2.53 bits per heavy atom. The Hall–Kier alpha value is -2.05. The van der Waals surface area contributed by atoms with Crippen LogP contribution in [0.5, 0.6) is 5.75 Å². The Labute approximate surface area is 93.7 Å². The van der Waals surface area contributed by atoms with Gasteiger partial charge in [-0.2, -0.15) is 0 Å². The molecule has 0 radical (unpaired) electrons. The van der Waals surface area contributed by atoms with Gasteiger partial charge in [-0.25, -0.2) is 4.39 Å². The van der Waals surface area contributed by atoms with Crippen molar-refractivity contribution < 1.29 is 27.1 Å². The lowest BCUT2D eigenvalue weighted by atomic mass is 10.3. The fourth-order valence-corrected chi connectivity index (χ4v) is 0.970. The topological polar surface area (TPSA) is 38.3 Å². The molecule has 3 nitrogen and oxygen atoms in total. The van der Waals surface area contributed by atoms with E-state index in [1.807, 2.05) is 5.32 Å². The summed E-state index contributed by atoms with van der Waals surface area (Å²) in [5.74, 6) is -2.89. The van der Waals surface area contributed by atoms with Crippen molar-refractivity contribution in [2.75, 3.05) is 5.32 Å². The molecule has 0 atom stereocenters. The van der Waals surface area contributed by atoms with Gasteiger partial charge in [0.2, 0.25) is 0 Å². The van der Waals surface area contributed by atoms with E-state index in [-0.39, 0.29) is 5.69 Å². The molecule has 0 aliphatic carbocycles. The van der Waals surface area contributed by atoms with Gasteiger partial charge in [0, 0.05) is 11.8 Å². The first kappa shape index (κ1) is 13.0. The molecule has 1 rings (SSSR count). The summed E-state index contributed by atoms with van der Waals surface area (Å²) in [6.07, 6.45) is -4.83. The van der Waals surface area contributed by atoms with Crippen molar-refractivity contribution in [1.29, 1.82) is 0 Å². The van der Waals surface area contributed by atoms with Gasteiger partial charge in [-0.05, 0) is 12.1 Å². The molecule has 0 heterocycles. The second-order valence-electron chi connectivity index (χ2n) is 2.93. The molecule has 1 N–H and O–H groups in total. The second-order valence-corrected chi connectivity index (χ2v) is 2.93.